The fourth-order valence-corrected chi connectivity index (χ4v) is 1.90. The van der Waals surface area contributed by atoms with Crippen molar-refractivity contribution in [2.45, 2.75) is 26.4 Å². The van der Waals surface area contributed by atoms with E-state index < -0.39 is 5.60 Å². The van der Waals surface area contributed by atoms with E-state index in [0.29, 0.717) is 11.5 Å². The third kappa shape index (κ3) is 1.63. The Labute approximate surface area is 93.7 Å². The summed E-state index contributed by atoms with van der Waals surface area (Å²) in [5, 5.41) is 10.1. The Balaban J connectivity index is 2.76. The number of aliphatic hydroxyl groups is 1. The molecule has 5 heteroatoms. The van der Waals surface area contributed by atoms with Gasteiger partial charge in [-0.05, 0) is 20.8 Å². The van der Waals surface area contributed by atoms with E-state index in [1.54, 1.807) is 37.8 Å². The van der Waals surface area contributed by atoms with Crippen LogP contribution in [0.15, 0.2) is 12.4 Å². The summed E-state index contributed by atoms with van der Waals surface area (Å²) >= 11 is 0. The Hall–Kier alpha value is -1.62. The van der Waals surface area contributed by atoms with Gasteiger partial charge in [-0.15, -0.1) is 0 Å². The third-order valence-corrected chi connectivity index (χ3v) is 2.45. The quantitative estimate of drug-likeness (QED) is 0.829. The molecule has 1 N–H and O–H groups in total. The Kier molecular flexibility index (Phi) is 2.35. The van der Waals surface area contributed by atoms with E-state index in [4.69, 9.17) is 4.74 Å². The molecule has 0 aromatic carbocycles. The van der Waals surface area contributed by atoms with Gasteiger partial charge < -0.3 is 9.84 Å². The Bertz CT molecular complexity index is 526. The van der Waals surface area contributed by atoms with Crippen molar-refractivity contribution < 1.29 is 9.84 Å². The standard InChI is InChI=1S/C11H15N3O2/c1-7-10(11(2,3)15)14-6-9(16-4)12-5-8(14)13-7/h5-6,15H,1-4H3. The largest absolute Gasteiger partial charge is 0.480 e. The van der Waals surface area contributed by atoms with Crippen LogP contribution in [0.3, 0.4) is 0 Å². The van der Waals surface area contributed by atoms with Gasteiger partial charge in [-0.25, -0.2) is 9.97 Å². The number of rotatable bonds is 2. The summed E-state index contributed by atoms with van der Waals surface area (Å²) < 4.78 is 6.86. The first-order chi connectivity index (χ1) is 7.43. The van der Waals surface area contributed by atoms with Crippen LogP contribution in [0.4, 0.5) is 0 Å². The van der Waals surface area contributed by atoms with Crippen LogP contribution in [-0.4, -0.2) is 26.6 Å². The lowest BCUT2D eigenvalue weighted by atomic mass is 10.0. The summed E-state index contributed by atoms with van der Waals surface area (Å²) in [7, 11) is 1.56. The van der Waals surface area contributed by atoms with E-state index in [2.05, 4.69) is 9.97 Å². The van der Waals surface area contributed by atoms with Crippen LogP contribution in [0.2, 0.25) is 0 Å². The summed E-state index contributed by atoms with van der Waals surface area (Å²) in [6.07, 6.45) is 3.35. The number of hydrogen-bond donors (Lipinski definition) is 1. The molecule has 16 heavy (non-hydrogen) atoms. The molecule has 0 aliphatic rings. The number of aromatic nitrogens is 3. The van der Waals surface area contributed by atoms with Gasteiger partial charge in [0.25, 0.3) is 0 Å². The number of aryl methyl sites for hydroxylation is 1. The number of nitrogens with zero attached hydrogens (tertiary/aromatic N) is 3. The van der Waals surface area contributed by atoms with Crippen LogP contribution in [0, 0.1) is 6.92 Å². The molecule has 0 aliphatic heterocycles. The second kappa shape index (κ2) is 3.45. The minimum atomic E-state index is -0.949. The Morgan fingerprint density at radius 2 is 2.12 bits per heavy atom. The molecule has 0 atom stereocenters. The highest BCUT2D eigenvalue weighted by Crippen LogP contribution is 2.25. The fourth-order valence-electron chi connectivity index (χ4n) is 1.90. The van der Waals surface area contributed by atoms with E-state index in [0.717, 1.165) is 11.4 Å². The van der Waals surface area contributed by atoms with E-state index in [1.807, 2.05) is 6.92 Å². The maximum Gasteiger partial charge on any atom is 0.230 e. The molecule has 0 amide bonds. The van der Waals surface area contributed by atoms with E-state index in [1.165, 1.54) is 0 Å². The number of hydrogen-bond acceptors (Lipinski definition) is 4. The zero-order chi connectivity index (χ0) is 11.9. The minimum absolute atomic E-state index is 0.496. The lowest BCUT2D eigenvalue weighted by Gasteiger charge is -2.18. The molecule has 0 bridgehead atoms. The molecule has 0 radical (unpaired) electrons. The lowest BCUT2D eigenvalue weighted by molar-refractivity contribution is 0.0721. The molecule has 2 rings (SSSR count). The molecule has 86 valence electrons. The van der Waals surface area contributed by atoms with Crippen molar-refractivity contribution in [3.63, 3.8) is 0 Å². The number of imidazole rings is 1. The molecule has 0 aliphatic carbocycles. The van der Waals surface area contributed by atoms with Gasteiger partial charge in [0, 0.05) is 0 Å². The van der Waals surface area contributed by atoms with Gasteiger partial charge in [-0.2, -0.15) is 0 Å². The van der Waals surface area contributed by atoms with Gasteiger partial charge in [0.15, 0.2) is 5.65 Å². The van der Waals surface area contributed by atoms with Crippen LogP contribution in [0.5, 0.6) is 5.88 Å². The maximum atomic E-state index is 10.1. The summed E-state index contributed by atoms with van der Waals surface area (Å²) in [6, 6.07) is 0. The summed E-state index contributed by atoms with van der Waals surface area (Å²) in [6.45, 7) is 5.33. The average Bonchev–Trinajstić information content (AvgIpc) is 2.51. The van der Waals surface area contributed by atoms with Crippen LogP contribution in [-0.2, 0) is 5.60 Å². The maximum absolute atomic E-state index is 10.1. The van der Waals surface area contributed by atoms with Gasteiger partial charge in [0.1, 0.15) is 5.60 Å². The third-order valence-electron chi connectivity index (χ3n) is 2.45. The van der Waals surface area contributed by atoms with Gasteiger partial charge in [0.05, 0.1) is 30.9 Å². The number of ether oxygens (including phenoxy) is 1. The molecular weight excluding hydrogens is 206 g/mol. The van der Waals surface area contributed by atoms with Crippen LogP contribution in [0.25, 0.3) is 5.65 Å². The molecule has 0 spiro atoms. The average molecular weight is 221 g/mol. The second-order valence-electron chi connectivity index (χ2n) is 4.26. The summed E-state index contributed by atoms with van der Waals surface area (Å²) in [5.41, 5.74) is 1.30. The SMILES string of the molecule is COc1cn2c(C(C)(C)O)c(C)nc2cn1. The van der Waals surface area contributed by atoms with E-state index in [-0.39, 0.29) is 0 Å². The first kappa shape index (κ1) is 10.9. The van der Waals surface area contributed by atoms with Crippen molar-refractivity contribution in [1.29, 1.82) is 0 Å². The lowest BCUT2D eigenvalue weighted by Crippen LogP contribution is -2.19. The summed E-state index contributed by atoms with van der Waals surface area (Å²) in [4.78, 5) is 8.41. The molecule has 2 heterocycles. The first-order valence-electron chi connectivity index (χ1n) is 5.05. The van der Waals surface area contributed by atoms with Gasteiger partial charge in [-0.1, -0.05) is 0 Å². The Morgan fingerprint density at radius 1 is 1.44 bits per heavy atom. The highest BCUT2D eigenvalue weighted by atomic mass is 16.5. The molecule has 0 saturated carbocycles. The van der Waals surface area contributed by atoms with Crippen LogP contribution in [0.1, 0.15) is 25.2 Å². The van der Waals surface area contributed by atoms with Crippen LogP contribution >= 0.6 is 0 Å². The predicted molar refractivity (Wildman–Crippen MR) is 59.5 cm³/mol. The molecule has 0 fully saturated rings. The smallest absolute Gasteiger partial charge is 0.230 e. The zero-order valence-electron chi connectivity index (χ0n) is 9.85. The molecular formula is C11H15N3O2. The van der Waals surface area contributed by atoms with Gasteiger partial charge in [0.2, 0.25) is 5.88 Å². The van der Waals surface area contributed by atoms with Crippen molar-refractivity contribution >= 4 is 5.65 Å². The first-order valence-corrected chi connectivity index (χ1v) is 5.05. The molecule has 0 saturated heterocycles. The number of methoxy groups -OCH3 is 1. The van der Waals surface area contributed by atoms with Crippen molar-refractivity contribution in [3.05, 3.63) is 23.8 Å². The normalized spacial score (nSPS) is 12.1. The van der Waals surface area contributed by atoms with Gasteiger partial charge >= 0.3 is 0 Å². The Morgan fingerprint density at radius 3 is 2.69 bits per heavy atom. The fraction of sp³-hybridized carbons (Fsp3) is 0.455. The van der Waals surface area contributed by atoms with Gasteiger partial charge in [-0.3, -0.25) is 4.40 Å². The molecule has 0 unspecified atom stereocenters. The number of fused-ring (bicyclic) bond motifs is 1. The van der Waals surface area contributed by atoms with E-state index >= 15 is 0 Å². The highest BCUT2D eigenvalue weighted by molar-refractivity contribution is 5.43. The van der Waals surface area contributed by atoms with Crippen molar-refractivity contribution in [3.8, 4) is 5.88 Å². The second-order valence-corrected chi connectivity index (χ2v) is 4.26. The van der Waals surface area contributed by atoms with E-state index in [9.17, 15) is 5.11 Å². The van der Waals surface area contributed by atoms with Crippen molar-refractivity contribution in [2.75, 3.05) is 7.11 Å². The van der Waals surface area contributed by atoms with Crippen LogP contribution < -0.4 is 4.74 Å². The summed E-state index contributed by atoms with van der Waals surface area (Å²) in [5.74, 6) is 0.496. The topological polar surface area (TPSA) is 59.7 Å². The van der Waals surface area contributed by atoms with Crippen molar-refractivity contribution in [2.24, 2.45) is 0 Å². The molecule has 2 aromatic rings. The van der Waals surface area contributed by atoms with Crippen molar-refractivity contribution in [1.82, 2.24) is 14.4 Å². The predicted octanol–water partition coefficient (Wildman–Crippen LogP) is 1.27. The molecule has 5 nitrogen and oxygen atoms in total. The minimum Gasteiger partial charge on any atom is -0.480 e. The molecule has 2 aromatic heterocycles. The monoisotopic (exact) mass is 221 g/mol. The highest BCUT2D eigenvalue weighted by Gasteiger charge is 2.24. The zero-order valence-corrected chi connectivity index (χ0v) is 9.85.